The van der Waals surface area contributed by atoms with Crippen LogP contribution in [0.15, 0.2) is 24.4 Å². The van der Waals surface area contributed by atoms with Crippen LogP contribution in [0.2, 0.25) is 0 Å². The minimum absolute atomic E-state index is 0.175. The lowest BCUT2D eigenvalue weighted by Crippen LogP contribution is -2.35. The van der Waals surface area contributed by atoms with Crippen LogP contribution in [-0.4, -0.2) is 22.0 Å². The van der Waals surface area contributed by atoms with Gasteiger partial charge in [-0.15, -0.1) is 0 Å². The van der Waals surface area contributed by atoms with Gasteiger partial charge < -0.3 is 10.4 Å². The van der Waals surface area contributed by atoms with Gasteiger partial charge in [0.25, 0.3) is 0 Å². The van der Waals surface area contributed by atoms with E-state index in [1.54, 1.807) is 6.20 Å². The average molecular weight is 248 g/mol. The molecule has 2 rings (SSSR count). The van der Waals surface area contributed by atoms with Crippen LogP contribution >= 0.6 is 0 Å². The Bertz CT molecular complexity index is 433. The third kappa shape index (κ3) is 2.85. The number of aromatic nitrogens is 1. The maximum absolute atomic E-state index is 11.9. The van der Waals surface area contributed by atoms with Crippen LogP contribution in [0.5, 0.6) is 0 Å². The molecule has 5 heteroatoms. The summed E-state index contributed by atoms with van der Waals surface area (Å²) in [6, 6.07) is 5.48. The minimum Gasteiger partial charge on any atom is -0.481 e. The highest BCUT2D eigenvalue weighted by Crippen LogP contribution is 2.32. The molecular formula is C13H16N2O3. The third-order valence-corrected chi connectivity index (χ3v) is 3.34. The highest BCUT2D eigenvalue weighted by molar-refractivity contribution is 5.85. The summed E-state index contributed by atoms with van der Waals surface area (Å²) >= 11 is 0. The second kappa shape index (κ2) is 5.62. The Morgan fingerprint density at radius 3 is 2.78 bits per heavy atom. The second-order valence-corrected chi connectivity index (χ2v) is 4.52. The van der Waals surface area contributed by atoms with E-state index in [0.29, 0.717) is 19.4 Å². The molecule has 1 heterocycles. The number of hydrogen-bond acceptors (Lipinski definition) is 3. The summed E-state index contributed by atoms with van der Waals surface area (Å²) in [4.78, 5) is 27.0. The Balaban J connectivity index is 1.90. The van der Waals surface area contributed by atoms with Gasteiger partial charge in [0.05, 0.1) is 24.1 Å². The van der Waals surface area contributed by atoms with Crippen LogP contribution in [0.4, 0.5) is 0 Å². The fraction of sp³-hybridized carbons (Fsp3) is 0.462. The second-order valence-electron chi connectivity index (χ2n) is 4.52. The lowest BCUT2D eigenvalue weighted by atomic mass is 9.95. The van der Waals surface area contributed by atoms with E-state index in [-0.39, 0.29) is 5.91 Å². The Morgan fingerprint density at radius 1 is 1.33 bits per heavy atom. The fourth-order valence-corrected chi connectivity index (χ4v) is 2.38. The van der Waals surface area contributed by atoms with Gasteiger partial charge >= 0.3 is 5.97 Å². The summed E-state index contributed by atoms with van der Waals surface area (Å²) in [5.74, 6) is -1.98. The Hall–Kier alpha value is -1.91. The van der Waals surface area contributed by atoms with Gasteiger partial charge in [-0.25, -0.2) is 0 Å². The van der Waals surface area contributed by atoms with Gasteiger partial charge in [-0.3, -0.25) is 14.6 Å². The molecule has 0 bridgehead atoms. The monoisotopic (exact) mass is 248 g/mol. The molecule has 1 aliphatic rings. The molecular weight excluding hydrogens is 232 g/mol. The van der Waals surface area contributed by atoms with E-state index < -0.39 is 17.8 Å². The molecule has 1 saturated carbocycles. The summed E-state index contributed by atoms with van der Waals surface area (Å²) in [5.41, 5.74) is 0.774. The van der Waals surface area contributed by atoms with Gasteiger partial charge in [0, 0.05) is 6.20 Å². The molecule has 5 nitrogen and oxygen atoms in total. The van der Waals surface area contributed by atoms with Crippen molar-refractivity contribution in [2.45, 2.75) is 25.8 Å². The molecule has 0 radical (unpaired) electrons. The molecule has 0 aliphatic heterocycles. The van der Waals surface area contributed by atoms with E-state index in [9.17, 15) is 9.59 Å². The number of hydrogen-bond donors (Lipinski definition) is 2. The molecule has 1 amide bonds. The predicted molar refractivity (Wildman–Crippen MR) is 64.6 cm³/mol. The highest BCUT2D eigenvalue weighted by atomic mass is 16.4. The Morgan fingerprint density at radius 2 is 2.11 bits per heavy atom. The van der Waals surface area contributed by atoms with E-state index >= 15 is 0 Å². The molecule has 0 spiro atoms. The van der Waals surface area contributed by atoms with Crippen LogP contribution in [0.3, 0.4) is 0 Å². The third-order valence-electron chi connectivity index (χ3n) is 3.34. The number of carbonyl (C=O) groups is 2. The maximum Gasteiger partial charge on any atom is 0.307 e. The van der Waals surface area contributed by atoms with Crippen molar-refractivity contribution >= 4 is 11.9 Å². The zero-order valence-corrected chi connectivity index (χ0v) is 10.0. The van der Waals surface area contributed by atoms with Crippen molar-refractivity contribution in [1.82, 2.24) is 10.3 Å². The van der Waals surface area contributed by atoms with Gasteiger partial charge in [0.1, 0.15) is 0 Å². The van der Waals surface area contributed by atoms with Crippen LogP contribution in [0.1, 0.15) is 25.0 Å². The summed E-state index contributed by atoms with van der Waals surface area (Å²) < 4.78 is 0. The normalized spacial score (nSPS) is 22.7. The Kier molecular flexibility index (Phi) is 3.92. The molecule has 18 heavy (non-hydrogen) atoms. The number of aliphatic carboxylic acids is 1. The van der Waals surface area contributed by atoms with Gasteiger partial charge in [-0.05, 0) is 25.0 Å². The van der Waals surface area contributed by atoms with E-state index in [1.165, 1.54) is 0 Å². The number of rotatable bonds is 4. The number of carboxylic acid groups (broad SMARTS) is 1. The van der Waals surface area contributed by atoms with Crippen molar-refractivity contribution < 1.29 is 14.7 Å². The topological polar surface area (TPSA) is 79.3 Å². The molecule has 0 saturated heterocycles. The first-order valence-electron chi connectivity index (χ1n) is 6.09. The largest absolute Gasteiger partial charge is 0.481 e. The zero-order chi connectivity index (χ0) is 13.0. The molecule has 1 aliphatic carbocycles. The SMILES string of the molecule is O=C(O)[C@H]1CCC[C@H]1C(=O)NCc1ccccn1. The lowest BCUT2D eigenvalue weighted by molar-refractivity contribution is -0.146. The fourth-order valence-electron chi connectivity index (χ4n) is 2.38. The van der Waals surface area contributed by atoms with E-state index in [0.717, 1.165) is 12.1 Å². The molecule has 2 N–H and O–H groups in total. The molecule has 0 aromatic carbocycles. The smallest absolute Gasteiger partial charge is 0.307 e. The van der Waals surface area contributed by atoms with Crippen molar-refractivity contribution in [1.29, 1.82) is 0 Å². The minimum atomic E-state index is -0.870. The van der Waals surface area contributed by atoms with E-state index in [4.69, 9.17) is 5.11 Å². The molecule has 1 aromatic rings. The van der Waals surface area contributed by atoms with Crippen molar-refractivity contribution in [3.63, 3.8) is 0 Å². The van der Waals surface area contributed by atoms with Crippen LogP contribution in [-0.2, 0) is 16.1 Å². The van der Waals surface area contributed by atoms with E-state index in [2.05, 4.69) is 10.3 Å². The number of carbonyl (C=O) groups excluding carboxylic acids is 1. The quantitative estimate of drug-likeness (QED) is 0.839. The van der Waals surface area contributed by atoms with Gasteiger partial charge in [0.2, 0.25) is 5.91 Å². The summed E-state index contributed by atoms with van der Waals surface area (Å²) in [5, 5.41) is 11.8. The number of nitrogens with zero attached hydrogens (tertiary/aromatic N) is 1. The summed E-state index contributed by atoms with van der Waals surface area (Å²) in [6.07, 6.45) is 3.72. The standard InChI is InChI=1S/C13H16N2O3/c16-12(10-5-3-6-11(10)13(17)18)15-8-9-4-1-2-7-14-9/h1-2,4,7,10-11H,3,5-6,8H2,(H,15,16)(H,17,18)/t10-,11+/m1/s1. The number of amides is 1. The maximum atomic E-state index is 11.9. The first-order chi connectivity index (χ1) is 8.68. The van der Waals surface area contributed by atoms with Crippen LogP contribution in [0.25, 0.3) is 0 Å². The zero-order valence-electron chi connectivity index (χ0n) is 10.0. The highest BCUT2D eigenvalue weighted by Gasteiger charge is 2.37. The number of carboxylic acids is 1. The van der Waals surface area contributed by atoms with Crippen molar-refractivity contribution in [3.05, 3.63) is 30.1 Å². The number of pyridine rings is 1. The van der Waals surface area contributed by atoms with Crippen molar-refractivity contribution in [2.24, 2.45) is 11.8 Å². The molecule has 1 fully saturated rings. The number of nitrogens with one attached hydrogen (secondary N) is 1. The molecule has 2 atom stereocenters. The summed E-state index contributed by atoms with van der Waals surface area (Å²) in [6.45, 7) is 0.350. The Labute approximate surface area is 105 Å². The van der Waals surface area contributed by atoms with Crippen LogP contribution < -0.4 is 5.32 Å². The van der Waals surface area contributed by atoms with Crippen molar-refractivity contribution in [2.75, 3.05) is 0 Å². The molecule has 1 aromatic heterocycles. The average Bonchev–Trinajstić information content (AvgIpc) is 2.86. The molecule has 0 unspecified atom stereocenters. The van der Waals surface area contributed by atoms with Crippen molar-refractivity contribution in [3.8, 4) is 0 Å². The predicted octanol–water partition coefficient (Wildman–Crippen LogP) is 1.20. The first-order valence-corrected chi connectivity index (χ1v) is 6.09. The van der Waals surface area contributed by atoms with E-state index in [1.807, 2.05) is 18.2 Å². The van der Waals surface area contributed by atoms with Crippen LogP contribution in [0, 0.1) is 11.8 Å². The molecule has 96 valence electrons. The first kappa shape index (κ1) is 12.5. The van der Waals surface area contributed by atoms with Gasteiger partial charge in [-0.1, -0.05) is 12.5 Å². The lowest BCUT2D eigenvalue weighted by Gasteiger charge is -2.15. The summed E-state index contributed by atoms with van der Waals surface area (Å²) in [7, 11) is 0. The van der Waals surface area contributed by atoms with Gasteiger partial charge in [-0.2, -0.15) is 0 Å². The van der Waals surface area contributed by atoms with Gasteiger partial charge in [0.15, 0.2) is 0 Å².